The van der Waals surface area contributed by atoms with Gasteiger partial charge in [0.1, 0.15) is 10.7 Å². The maximum atomic E-state index is 14.0. The first-order valence-corrected chi connectivity index (χ1v) is 9.14. The zero-order valence-corrected chi connectivity index (χ0v) is 14.0. The number of nitrogens with zero attached hydrogens (tertiary/aromatic N) is 1. The van der Waals surface area contributed by atoms with Crippen LogP contribution >= 0.6 is 11.6 Å². The Bertz CT molecular complexity index is 610. The predicted molar refractivity (Wildman–Crippen MR) is 82.3 cm³/mol. The van der Waals surface area contributed by atoms with Gasteiger partial charge in [0.25, 0.3) is 0 Å². The SMILES string of the molecule is CCC1(C)CCN(S(=O)(=O)c2ccc(CCl)cc2F)CC1. The van der Waals surface area contributed by atoms with Gasteiger partial charge in [0.05, 0.1) is 0 Å². The first-order valence-electron chi connectivity index (χ1n) is 7.17. The Hall–Kier alpha value is -0.650. The van der Waals surface area contributed by atoms with Crippen molar-refractivity contribution in [2.45, 2.75) is 43.9 Å². The van der Waals surface area contributed by atoms with Crippen molar-refractivity contribution in [1.82, 2.24) is 4.31 Å². The molecule has 0 spiro atoms. The van der Waals surface area contributed by atoms with Crippen LogP contribution in [0.5, 0.6) is 0 Å². The maximum absolute atomic E-state index is 14.0. The summed E-state index contributed by atoms with van der Waals surface area (Å²) in [6, 6.07) is 4.07. The zero-order valence-electron chi connectivity index (χ0n) is 12.4. The zero-order chi connectivity index (χ0) is 15.7. The van der Waals surface area contributed by atoms with Gasteiger partial charge in [0, 0.05) is 19.0 Å². The van der Waals surface area contributed by atoms with E-state index in [-0.39, 0.29) is 16.2 Å². The number of halogens is 2. The quantitative estimate of drug-likeness (QED) is 0.787. The van der Waals surface area contributed by atoms with Crippen LogP contribution in [0.4, 0.5) is 4.39 Å². The number of hydrogen-bond acceptors (Lipinski definition) is 2. The second kappa shape index (κ2) is 6.23. The van der Waals surface area contributed by atoms with Crippen molar-refractivity contribution in [2.24, 2.45) is 5.41 Å². The summed E-state index contributed by atoms with van der Waals surface area (Å²) < 4.78 is 40.6. The van der Waals surface area contributed by atoms with Gasteiger partial charge in [-0.15, -0.1) is 11.6 Å². The third kappa shape index (κ3) is 3.41. The fourth-order valence-corrected chi connectivity index (χ4v) is 4.25. The summed E-state index contributed by atoms with van der Waals surface area (Å²) in [6.45, 7) is 5.19. The van der Waals surface area contributed by atoms with Crippen molar-refractivity contribution >= 4 is 21.6 Å². The van der Waals surface area contributed by atoms with Crippen molar-refractivity contribution in [3.8, 4) is 0 Å². The first kappa shape index (κ1) is 16.7. The summed E-state index contributed by atoms with van der Waals surface area (Å²) in [6.07, 6.45) is 2.65. The molecule has 1 heterocycles. The lowest BCUT2D eigenvalue weighted by molar-refractivity contribution is 0.168. The Morgan fingerprint density at radius 3 is 2.43 bits per heavy atom. The molecule has 1 saturated heterocycles. The Morgan fingerprint density at radius 1 is 1.33 bits per heavy atom. The van der Waals surface area contributed by atoms with Crippen molar-refractivity contribution in [3.63, 3.8) is 0 Å². The van der Waals surface area contributed by atoms with Crippen LogP contribution in [0.1, 0.15) is 38.7 Å². The molecule has 21 heavy (non-hydrogen) atoms. The lowest BCUT2D eigenvalue weighted by Crippen LogP contribution is -2.42. The third-order valence-corrected chi connectivity index (χ3v) is 6.79. The van der Waals surface area contributed by atoms with Crippen LogP contribution in [0.25, 0.3) is 0 Å². The van der Waals surface area contributed by atoms with Gasteiger partial charge >= 0.3 is 0 Å². The van der Waals surface area contributed by atoms with Crippen molar-refractivity contribution in [3.05, 3.63) is 29.6 Å². The molecule has 3 nitrogen and oxygen atoms in total. The van der Waals surface area contributed by atoms with Crippen molar-refractivity contribution in [2.75, 3.05) is 13.1 Å². The highest BCUT2D eigenvalue weighted by Crippen LogP contribution is 2.36. The molecule has 0 aromatic heterocycles. The molecule has 0 bridgehead atoms. The number of benzene rings is 1. The van der Waals surface area contributed by atoms with Crippen LogP contribution in [0.2, 0.25) is 0 Å². The minimum Gasteiger partial charge on any atom is -0.207 e. The molecule has 0 atom stereocenters. The van der Waals surface area contributed by atoms with Gasteiger partial charge in [0.2, 0.25) is 10.0 Å². The highest BCUT2D eigenvalue weighted by atomic mass is 35.5. The number of rotatable bonds is 4. The van der Waals surface area contributed by atoms with E-state index in [1.54, 1.807) is 6.07 Å². The molecule has 1 aromatic carbocycles. The van der Waals surface area contributed by atoms with E-state index >= 15 is 0 Å². The van der Waals surface area contributed by atoms with Crippen molar-refractivity contribution < 1.29 is 12.8 Å². The topological polar surface area (TPSA) is 37.4 Å². The smallest absolute Gasteiger partial charge is 0.207 e. The molecule has 1 fully saturated rings. The molecule has 1 aliphatic heterocycles. The number of sulfonamides is 1. The van der Waals surface area contributed by atoms with Gasteiger partial charge in [-0.05, 0) is 36.0 Å². The van der Waals surface area contributed by atoms with E-state index in [1.807, 2.05) is 0 Å². The molecule has 0 unspecified atom stereocenters. The fraction of sp³-hybridized carbons (Fsp3) is 0.600. The Kier molecular flexibility index (Phi) is 4.96. The van der Waals surface area contributed by atoms with E-state index in [2.05, 4.69) is 13.8 Å². The summed E-state index contributed by atoms with van der Waals surface area (Å²) in [7, 11) is -3.76. The number of hydrogen-bond donors (Lipinski definition) is 0. The monoisotopic (exact) mass is 333 g/mol. The van der Waals surface area contributed by atoms with Gasteiger partial charge in [0.15, 0.2) is 0 Å². The van der Waals surface area contributed by atoms with Gasteiger partial charge in [-0.3, -0.25) is 0 Å². The molecule has 0 aliphatic carbocycles. The summed E-state index contributed by atoms with van der Waals surface area (Å²) >= 11 is 5.64. The maximum Gasteiger partial charge on any atom is 0.245 e. The van der Waals surface area contributed by atoms with Crippen LogP contribution in [-0.4, -0.2) is 25.8 Å². The van der Waals surface area contributed by atoms with Crippen LogP contribution < -0.4 is 0 Å². The van der Waals surface area contributed by atoms with Crippen molar-refractivity contribution in [1.29, 1.82) is 0 Å². The van der Waals surface area contributed by atoms with Gasteiger partial charge in [-0.2, -0.15) is 4.31 Å². The van der Waals surface area contributed by atoms with E-state index < -0.39 is 15.8 Å². The summed E-state index contributed by atoms with van der Waals surface area (Å²) in [4.78, 5) is -0.253. The molecule has 118 valence electrons. The van der Waals surface area contributed by atoms with Crippen LogP contribution in [0, 0.1) is 11.2 Å². The summed E-state index contributed by atoms with van der Waals surface area (Å²) in [5, 5.41) is 0. The lowest BCUT2D eigenvalue weighted by Gasteiger charge is -2.38. The van der Waals surface area contributed by atoms with Crippen LogP contribution in [-0.2, 0) is 15.9 Å². The molecule has 1 aliphatic rings. The minimum atomic E-state index is -3.76. The second-order valence-corrected chi connectivity index (χ2v) is 8.14. The Morgan fingerprint density at radius 2 is 1.95 bits per heavy atom. The number of alkyl halides is 1. The molecule has 6 heteroatoms. The average molecular weight is 334 g/mol. The predicted octanol–water partition coefficient (Wildman–Crippen LogP) is 3.77. The van der Waals surface area contributed by atoms with E-state index in [1.165, 1.54) is 16.4 Å². The molecular formula is C15H21ClFNO2S. The van der Waals surface area contributed by atoms with Gasteiger partial charge < -0.3 is 0 Å². The number of piperidine rings is 1. The minimum absolute atomic E-state index is 0.163. The normalized spacial score (nSPS) is 19.6. The molecule has 1 aromatic rings. The molecule has 0 N–H and O–H groups in total. The largest absolute Gasteiger partial charge is 0.245 e. The lowest BCUT2D eigenvalue weighted by atomic mass is 9.79. The van der Waals surface area contributed by atoms with Gasteiger partial charge in [-0.1, -0.05) is 26.3 Å². The third-order valence-electron chi connectivity index (χ3n) is 4.55. The van der Waals surface area contributed by atoms with E-state index in [9.17, 15) is 12.8 Å². The molecule has 0 radical (unpaired) electrons. The highest BCUT2D eigenvalue weighted by Gasteiger charge is 2.35. The van der Waals surface area contributed by atoms with Crippen LogP contribution in [0.3, 0.4) is 0 Å². The second-order valence-electron chi connectivity index (χ2n) is 5.97. The average Bonchev–Trinajstić information content (AvgIpc) is 2.47. The Labute approximate surface area is 131 Å². The van der Waals surface area contributed by atoms with Gasteiger partial charge in [-0.25, -0.2) is 12.8 Å². The van der Waals surface area contributed by atoms with Crippen LogP contribution in [0.15, 0.2) is 23.1 Å². The fourth-order valence-electron chi connectivity index (χ4n) is 2.60. The molecular weight excluding hydrogens is 313 g/mol. The highest BCUT2D eigenvalue weighted by molar-refractivity contribution is 7.89. The van der Waals surface area contributed by atoms with E-state index in [0.717, 1.165) is 19.3 Å². The standard InChI is InChI=1S/C15H21ClFNO2S/c1-3-15(2)6-8-18(9-7-15)21(19,20)14-5-4-12(11-16)10-13(14)17/h4-5,10H,3,6-9,11H2,1-2H3. The summed E-state index contributed by atoms with van der Waals surface area (Å²) in [5.41, 5.74) is 0.762. The Balaban J connectivity index is 2.23. The van der Waals surface area contributed by atoms with E-state index in [0.29, 0.717) is 18.7 Å². The molecule has 2 rings (SSSR count). The first-order chi connectivity index (χ1) is 9.82. The molecule has 0 saturated carbocycles. The molecule has 0 amide bonds. The summed E-state index contributed by atoms with van der Waals surface area (Å²) in [5.74, 6) is -0.563. The van der Waals surface area contributed by atoms with E-state index in [4.69, 9.17) is 11.6 Å².